The van der Waals surface area contributed by atoms with Crippen LogP contribution in [0, 0.1) is 12.8 Å². The molecule has 0 aliphatic heterocycles. The van der Waals surface area contributed by atoms with Gasteiger partial charge in [0.25, 0.3) is 0 Å². The van der Waals surface area contributed by atoms with Crippen molar-refractivity contribution >= 4 is 22.8 Å². The van der Waals surface area contributed by atoms with E-state index in [0.717, 1.165) is 36.0 Å². The number of anilines is 1. The Hall–Kier alpha value is -1.89. The van der Waals surface area contributed by atoms with Crippen molar-refractivity contribution in [1.82, 2.24) is 20.0 Å². The first-order valence-electron chi connectivity index (χ1n) is 6.52. The Morgan fingerprint density at radius 3 is 3.00 bits per heavy atom. The Balaban J connectivity index is 1.87. The molecule has 7 nitrogen and oxygen atoms in total. The number of amides is 1. The molecular weight excluding hydrogens is 244 g/mol. The van der Waals surface area contributed by atoms with Crippen LogP contribution in [0.5, 0.6) is 0 Å². The van der Waals surface area contributed by atoms with Crippen molar-refractivity contribution in [2.45, 2.75) is 32.2 Å². The maximum Gasteiger partial charge on any atom is 0.230 e. The molecule has 19 heavy (non-hydrogen) atoms. The van der Waals surface area contributed by atoms with E-state index in [-0.39, 0.29) is 17.9 Å². The number of H-pyrrole nitrogens is 1. The zero-order chi connectivity index (χ0) is 13.6. The summed E-state index contributed by atoms with van der Waals surface area (Å²) in [6.45, 7) is 1.90. The van der Waals surface area contributed by atoms with Crippen LogP contribution in [-0.4, -0.2) is 31.9 Å². The lowest BCUT2D eigenvalue weighted by Crippen LogP contribution is -2.34. The van der Waals surface area contributed by atoms with Gasteiger partial charge in [-0.05, 0) is 19.8 Å². The molecule has 0 aromatic carbocycles. The van der Waals surface area contributed by atoms with Gasteiger partial charge in [0.2, 0.25) is 5.91 Å². The average Bonchev–Trinajstić information content (AvgIpc) is 3.00. The summed E-state index contributed by atoms with van der Waals surface area (Å²) in [5.41, 5.74) is 7.54. The van der Waals surface area contributed by atoms with Gasteiger partial charge in [0, 0.05) is 13.1 Å². The van der Waals surface area contributed by atoms with E-state index in [9.17, 15) is 4.79 Å². The minimum atomic E-state index is -0.102. The van der Waals surface area contributed by atoms with Crippen LogP contribution in [0.15, 0.2) is 0 Å². The van der Waals surface area contributed by atoms with Crippen LogP contribution >= 0.6 is 0 Å². The maximum atomic E-state index is 12.2. The molecule has 0 bridgehead atoms. The smallest absolute Gasteiger partial charge is 0.230 e. The second kappa shape index (κ2) is 4.34. The van der Waals surface area contributed by atoms with Gasteiger partial charge in [-0.25, -0.2) is 4.68 Å². The molecule has 2 heterocycles. The van der Waals surface area contributed by atoms with E-state index in [1.54, 1.807) is 4.68 Å². The van der Waals surface area contributed by atoms with Crippen LogP contribution in [0.2, 0.25) is 0 Å². The van der Waals surface area contributed by atoms with Crippen molar-refractivity contribution in [3.05, 3.63) is 5.69 Å². The van der Waals surface area contributed by atoms with Gasteiger partial charge in [0.05, 0.1) is 17.0 Å². The lowest BCUT2D eigenvalue weighted by atomic mass is 10.0. The van der Waals surface area contributed by atoms with Crippen molar-refractivity contribution in [2.24, 2.45) is 18.7 Å². The first-order valence-corrected chi connectivity index (χ1v) is 6.52. The number of nitrogens with zero attached hydrogens (tertiary/aromatic N) is 3. The predicted molar refractivity (Wildman–Crippen MR) is 71.5 cm³/mol. The van der Waals surface area contributed by atoms with Crippen LogP contribution in [0.25, 0.3) is 11.0 Å². The van der Waals surface area contributed by atoms with Crippen LogP contribution < -0.4 is 11.1 Å². The summed E-state index contributed by atoms with van der Waals surface area (Å²) >= 11 is 0. The highest BCUT2D eigenvalue weighted by atomic mass is 16.2. The monoisotopic (exact) mass is 262 g/mol. The van der Waals surface area contributed by atoms with Crippen molar-refractivity contribution in [2.75, 3.05) is 5.32 Å². The van der Waals surface area contributed by atoms with Gasteiger partial charge < -0.3 is 11.1 Å². The van der Waals surface area contributed by atoms with Gasteiger partial charge in [-0.15, -0.1) is 0 Å². The normalized spacial score (nSPS) is 23.1. The molecule has 2 aromatic rings. The molecule has 7 heteroatoms. The molecule has 1 amide bonds. The molecule has 1 saturated carbocycles. The lowest BCUT2D eigenvalue weighted by molar-refractivity contribution is -0.120. The van der Waals surface area contributed by atoms with Crippen molar-refractivity contribution in [1.29, 1.82) is 0 Å². The molecule has 4 N–H and O–H groups in total. The molecule has 1 aliphatic rings. The molecule has 102 valence electrons. The third-order valence-electron chi connectivity index (χ3n) is 3.87. The topological polar surface area (TPSA) is 102 Å². The lowest BCUT2D eigenvalue weighted by Gasteiger charge is -2.14. The molecule has 2 atom stereocenters. The largest absolute Gasteiger partial charge is 0.327 e. The van der Waals surface area contributed by atoms with E-state index in [1.165, 1.54) is 0 Å². The van der Waals surface area contributed by atoms with Crippen LogP contribution in [0.3, 0.4) is 0 Å². The van der Waals surface area contributed by atoms with Gasteiger partial charge >= 0.3 is 0 Å². The first kappa shape index (κ1) is 12.2. The molecule has 0 spiro atoms. The van der Waals surface area contributed by atoms with Gasteiger partial charge in [-0.1, -0.05) is 6.42 Å². The highest BCUT2D eigenvalue weighted by Crippen LogP contribution is 2.27. The van der Waals surface area contributed by atoms with E-state index in [0.29, 0.717) is 5.82 Å². The first-order chi connectivity index (χ1) is 9.08. The second-order valence-electron chi connectivity index (χ2n) is 5.20. The number of aryl methyl sites for hydroxylation is 2. The highest BCUT2D eigenvalue weighted by Gasteiger charge is 2.31. The van der Waals surface area contributed by atoms with Crippen molar-refractivity contribution < 1.29 is 4.79 Å². The molecule has 0 saturated heterocycles. The summed E-state index contributed by atoms with van der Waals surface area (Å²) in [6.07, 6.45) is 2.79. The molecule has 0 radical (unpaired) electrons. The van der Waals surface area contributed by atoms with E-state index in [1.807, 2.05) is 14.0 Å². The Morgan fingerprint density at radius 1 is 1.53 bits per heavy atom. The minimum Gasteiger partial charge on any atom is -0.327 e. The average molecular weight is 262 g/mol. The van der Waals surface area contributed by atoms with Crippen LogP contribution in [0.1, 0.15) is 25.0 Å². The Kier molecular flexibility index (Phi) is 2.78. The Morgan fingerprint density at radius 2 is 2.32 bits per heavy atom. The molecule has 1 fully saturated rings. The van der Waals surface area contributed by atoms with Gasteiger partial charge in [0.1, 0.15) is 5.82 Å². The van der Waals surface area contributed by atoms with Crippen LogP contribution in [0.4, 0.5) is 5.82 Å². The van der Waals surface area contributed by atoms with E-state index in [4.69, 9.17) is 5.73 Å². The number of aromatic nitrogens is 4. The molecule has 2 unspecified atom stereocenters. The fourth-order valence-electron chi connectivity index (χ4n) is 2.85. The summed E-state index contributed by atoms with van der Waals surface area (Å²) in [4.78, 5) is 12.2. The molecule has 3 rings (SSSR count). The second-order valence-corrected chi connectivity index (χ2v) is 5.20. The van der Waals surface area contributed by atoms with E-state index in [2.05, 4.69) is 20.6 Å². The fourth-order valence-corrected chi connectivity index (χ4v) is 2.85. The predicted octanol–water partition coefficient (Wildman–Crippen LogP) is 0.671. The SMILES string of the molecule is Cc1nn(C)c2n[nH]c(NC(=O)C3CCCC3N)c12. The van der Waals surface area contributed by atoms with Gasteiger partial charge in [0.15, 0.2) is 5.65 Å². The summed E-state index contributed by atoms with van der Waals surface area (Å²) < 4.78 is 1.69. The zero-order valence-corrected chi connectivity index (χ0v) is 11.1. The van der Waals surface area contributed by atoms with Crippen LogP contribution in [-0.2, 0) is 11.8 Å². The number of carbonyl (C=O) groups is 1. The fraction of sp³-hybridized carbons (Fsp3) is 0.583. The zero-order valence-electron chi connectivity index (χ0n) is 11.1. The Bertz CT molecular complexity index is 627. The number of carbonyl (C=O) groups excluding carboxylic acids is 1. The molecule has 1 aliphatic carbocycles. The van der Waals surface area contributed by atoms with E-state index < -0.39 is 0 Å². The standard InChI is InChI=1S/C12H18N6O/c1-6-9-10(15-16-11(9)18(2)17-6)14-12(19)7-4-3-5-8(7)13/h7-8H,3-5,13H2,1-2H3,(H2,14,15,16,19). The number of hydrogen-bond acceptors (Lipinski definition) is 4. The summed E-state index contributed by atoms with van der Waals surface area (Å²) in [5, 5.41) is 15.1. The number of nitrogens with one attached hydrogen (secondary N) is 2. The molecular formula is C12H18N6O. The third-order valence-corrected chi connectivity index (χ3v) is 3.87. The van der Waals surface area contributed by atoms with Gasteiger partial charge in [-0.3, -0.25) is 9.89 Å². The quantitative estimate of drug-likeness (QED) is 0.740. The summed E-state index contributed by atoms with van der Waals surface area (Å²) in [6, 6.07) is -0.0339. The number of fused-ring (bicyclic) bond motifs is 1. The van der Waals surface area contributed by atoms with Crippen molar-refractivity contribution in [3.63, 3.8) is 0 Å². The maximum absolute atomic E-state index is 12.2. The number of hydrogen-bond donors (Lipinski definition) is 3. The highest BCUT2D eigenvalue weighted by molar-refractivity contribution is 6.01. The van der Waals surface area contributed by atoms with Crippen molar-refractivity contribution in [3.8, 4) is 0 Å². The number of nitrogens with two attached hydrogens (primary N) is 1. The summed E-state index contributed by atoms with van der Waals surface area (Å²) in [5.74, 6) is 0.485. The Labute approximate surface area is 110 Å². The summed E-state index contributed by atoms with van der Waals surface area (Å²) in [7, 11) is 1.83. The number of aromatic amines is 1. The minimum absolute atomic E-state index is 0.0289. The molecule has 2 aromatic heterocycles. The van der Waals surface area contributed by atoms with Gasteiger partial charge in [-0.2, -0.15) is 10.2 Å². The van der Waals surface area contributed by atoms with E-state index >= 15 is 0 Å². The number of rotatable bonds is 2. The third kappa shape index (κ3) is 1.90.